The summed E-state index contributed by atoms with van der Waals surface area (Å²) in [6.45, 7) is 0. The Morgan fingerprint density at radius 2 is 2.21 bits per heavy atom. The summed E-state index contributed by atoms with van der Waals surface area (Å²) >= 11 is 1.27. The molecule has 0 unspecified atom stereocenters. The number of rotatable bonds is 5. The normalized spacial score (nSPS) is 10.4. The van der Waals surface area contributed by atoms with E-state index in [1.165, 1.54) is 37.1 Å². The van der Waals surface area contributed by atoms with Crippen molar-refractivity contribution in [1.29, 1.82) is 0 Å². The highest BCUT2D eigenvalue weighted by molar-refractivity contribution is 7.98. The van der Waals surface area contributed by atoms with Gasteiger partial charge in [0.1, 0.15) is 11.6 Å². The zero-order valence-corrected chi connectivity index (χ0v) is 10.9. The summed E-state index contributed by atoms with van der Waals surface area (Å²) in [6, 6.07) is 7.21. The molecule has 1 N–H and O–H groups in total. The van der Waals surface area contributed by atoms with Gasteiger partial charge in [-0.3, -0.25) is 0 Å². The van der Waals surface area contributed by atoms with Gasteiger partial charge in [-0.25, -0.2) is 9.18 Å². The Balaban J connectivity index is 2.09. The van der Waals surface area contributed by atoms with E-state index in [9.17, 15) is 9.18 Å². The molecule has 1 aromatic carbocycles. The maximum absolute atomic E-state index is 13.2. The maximum Gasteiger partial charge on any atom is 0.371 e. The molecule has 0 aliphatic rings. The third-order valence-corrected chi connectivity index (χ3v) is 3.36. The number of furan rings is 1. The molecule has 4 nitrogen and oxygen atoms in total. The Kier molecular flexibility index (Phi) is 4.11. The van der Waals surface area contributed by atoms with Gasteiger partial charge in [0.2, 0.25) is 5.76 Å². The number of methoxy groups -OCH3 is 1. The van der Waals surface area contributed by atoms with E-state index in [4.69, 9.17) is 14.3 Å². The first-order valence-corrected chi connectivity index (χ1v) is 6.37. The largest absolute Gasteiger partial charge is 0.496 e. The van der Waals surface area contributed by atoms with Gasteiger partial charge in [0.15, 0.2) is 5.09 Å². The lowest BCUT2D eigenvalue weighted by Crippen LogP contribution is -1.92. The van der Waals surface area contributed by atoms with Gasteiger partial charge in [-0.15, -0.1) is 0 Å². The number of halogens is 1. The van der Waals surface area contributed by atoms with Crippen molar-refractivity contribution in [1.82, 2.24) is 0 Å². The Morgan fingerprint density at radius 3 is 2.84 bits per heavy atom. The highest BCUT2D eigenvalue weighted by atomic mass is 32.2. The van der Waals surface area contributed by atoms with Crippen LogP contribution in [0.5, 0.6) is 5.75 Å². The fourth-order valence-corrected chi connectivity index (χ4v) is 2.36. The van der Waals surface area contributed by atoms with E-state index in [0.717, 1.165) is 0 Å². The molecule has 0 aliphatic carbocycles. The Hall–Kier alpha value is -1.95. The van der Waals surface area contributed by atoms with Crippen LogP contribution in [0, 0.1) is 5.82 Å². The lowest BCUT2D eigenvalue weighted by molar-refractivity contribution is 0.0656. The number of ether oxygens (including phenoxy) is 1. The van der Waals surface area contributed by atoms with Crippen LogP contribution < -0.4 is 4.74 Å². The van der Waals surface area contributed by atoms with Crippen molar-refractivity contribution in [2.75, 3.05) is 7.11 Å². The standard InChI is InChI=1S/C13H11FO4S/c1-17-10-3-2-9(14)6-8(10)7-19-12-5-4-11(18-12)13(15)16/h2-6H,7H2,1H3,(H,15,16). The first kappa shape index (κ1) is 13.5. The van der Waals surface area contributed by atoms with Gasteiger partial charge in [-0.2, -0.15) is 0 Å². The molecule has 6 heteroatoms. The summed E-state index contributed by atoms with van der Waals surface area (Å²) in [5, 5.41) is 9.19. The van der Waals surface area contributed by atoms with Gasteiger partial charge >= 0.3 is 5.97 Å². The quantitative estimate of drug-likeness (QED) is 0.851. The monoisotopic (exact) mass is 282 g/mol. The summed E-state index contributed by atoms with van der Waals surface area (Å²) in [7, 11) is 1.51. The second kappa shape index (κ2) is 5.79. The molecule has 0 saturated heterocycles. The van der Waals surface area contributed by atoms with Crippen molar-refractivity contribution in [3.8, 4) is 5.75 Å². The van der Waals surface area contributed by atoms with E-state index < -0.39 is 5.97 Å². The lowest BCUT2D eigenvalue weighted by Gasteiger charge is -2.07. The minimum Gasteiger partial charge on any atom is -0.496 e. The molecule has 2 aromatic rings. The van der Waals surface area contributed by atoms with Crippen LogP contribution in [0.2, 0.25) is 0 Å². The van der Waals surface area contributed by atoms with E-state index in [-0.39, 0.29) is 11.6 Å². The third kappa shape index (κ3) is 3.29. The van der Waals surface area contributed by atoms with Gasteiger partial charge in [0, 0.05) is 11.3 Å². The van der Waals surface area contributed by atoms with E-state index in [1.54, 1.807) is 12.1 Å². The van der Waals surface area contributed by atoms with Gasteiger partial charge < -0.3 is 14.3 Å². The maximum atomic E-state index is 13.2. The second-order valence-corrected chi connectivity index (χ2v) is 4.65. The summed E-state index contributed by atoms with van der Waals surface area (Å²) in [4.78, 5) is 10.7. The molecule has 0 radical (unpaired) electrons. The second-order valence-electron chi connectivity index (χ2n) is 3.67. The lowest BCUT2D eigenvalue weighted by atomic mass is 10.2. The number of thioether (sulfide) groups is 1. The molecule has 1 heterocycles. The van der Waals surface area contributed by atoms with Crippen LogP contribution in [0.3, 0.4) is 0 Å². The van der Waals surface area contributed by atoms with Crippen LogP contribution in [0.15, 0.2) is 39.8 Å². The summed E-state index contributed by atoms with van der Waals surface area (Å²) in [5.41, 5.74) is 0.681. The molecule has 1 aromatic heterocycles. The highest BCUT2D eigenvalue weighted by Gasteiger charge is 2.11. The topological polar surface area (TPSA) is 59.7 Å². The molecule has 100 valence electrons. The fraction of sp³-hybridized carbons (Fsp3) is 0.154. The van der Waals surface area contributed by atoms with E-state index in [1.807, 2.05) is 0 Å². The van der Waals surface area contributed by atoms with Crippen LogP contribution in [-0.2, 0) is 5.75 Å². The SMILES string of the molecule is COc1ccc(F)cc1CSc1ccc(C(=O)O)o1. The number of hydrogen-bond acceptors (Lipinski definition) is 4. The minimum absolute atomic E-state index is 0.117. The smallest absolute Gasteiger partial charge is 0.371 e. The molecule has 0 bridgehead atoms. The molecular formula is C13H11FO4S. The highest BCUT2D eigenvalue weighted by Crippen LogP contribution is 2.29. The predicted octanol–water partition coefficient (Wildman–Crippen LogP) is 3.42. The van der Waals surface area contributed by atoms with Crippen LogP contribution in [0.4, 0.5) is 4.39 Å². The number of benzene rings is 1. The van der Waals surface area contributed by atoms with Crippen LogP contribution in [-0.4, -0.2) is 18.2 Å². The average molecular weight is 282 g/mol. The number of carboxylic acid groups (broad SMARTS) is 1. The molecule has 0 atom stereocenters. The molecule has 0 fully saturated rings. The van der Waals surface area contributed by atoms with Crippen molar-refractivity contribution in [2.45, 2.75) is 10.8 Å². The van der Waals surface area contributed by atoms with Gasteiger partial charge in [0.05, 0.1) is 7.11 Å². The first-order chi connectivity index (χ1) is 9.10. The van der Waals surface area contributed by atoms with Crippen molar-refractivity contribution in [3.63, 3.8) is 0 Å². The van der Waals surface area contributed by atoms with E-state index in [2.05, 4.69) is 0 Å². The Bertz CT molecular complexity index is 594. The number of carbonyl (C=O) groups is 1. The summed E-state index contributed by atoms with van der Waals surface area (Å²) < 4.78 is 23.4. The predicted molar refractivity (Wildman–Crippen MR) is 68.2 cm³/mol. The summed E-state index contributed by atoms with van der Waals surface area (Å²) in [5.74, 6) is -0.571. The average Bonchev–Trinajstić information content (AvgIpc) is 2.85. The molecule has 0 aliphatic heterocycles. The Morgan fingerprint density at radius 1 is 1.42 bits per heavy atom. The van der Waals surface area contributed by atoms with E-state index in [0.29, 0.717) is 22.2 Å². The zero-order chi connectivity index (χ0) is 13.8. The first-order valence-electron chi connectivity index (χ1n) is 5.38. The Labute approximate surface area is 113 Å². The van der Waals surface area contributed by atoms with Crippen molar-refractivity contribution >= 4 is 17.7 Å². The minimum atomic E-state index is -1.12. The number of aromatic carboxylic acids is 1. The van der Waals surface area contributed by atoms with Gasteiger partial charge in [-0.05, 0) is 30.3 Å². The van der Waals surface area contributed by atoms with E-state index >= 15 is 0 Å². The number of carboxylic acids is 1. The van der Waals surface area contributed by atoms with Crippen molar-refractivity contribution < 1.29 is 23.4 Å². The molecular weight excluding hydrogens is 271 g/mol. The molecule has 0 amide bonds. The number of hydrogen-bond donors (Lipinski definition) is 1. The van der Waals surface area contributed by atoms with Gasteiger partial charge in [0.25, 0.3) is 0 Å². The van der Waals surface area contributed by atoms with Crippen molar-refractivity contribution in [2.24, 2.45) is 0 Å². The van der Waals surface area contributed by atoms with Gasteiger partial charge in [-0.1, -0.05) is 11.8 Å². The van der Waals surface area contributed by atoms with Crippen LogP contribution in [0.1, 0.15) is 16.1 Å². The zero-order valence-electron chi connectivity index (χ0n) is 10.1. The molecule has 0 saturated carbocycles. The van der Waals surface area contributed by atoms with Crippen molar-refractivity contribution in [3.05, 3.63) is 47.5 Å². The summed E-state index contributed by atoms with van der Waals surface area (Å²) in [6.07, 6.45) is 0. The third-order valence-electron chi connectivity index (χ3n) is 2.40. The molecule has 0 spiro atoms. The van der Waals surface area contributed by atoms with Crippen LogP contribution in [0.25, 0.3) is 0 Å². The van der Waals surface area contributed by atoms with Crippen LogP contribution >= 0.6 is 11.8 Å². The molecule has 2 rings (SSSR count). The fourth-order valence-electron chi connectivity index (χ4n) is 1.52. The molecule has 19 heavy (non-hydrogen) atoms.